The van der Waals surface area contributed by atoms with Gasteiger partial charge in [0.25, 0.3) is 11.8 Å². The molecule has 5 heteroatoms. The number of hydrogen-bond acceptors (Lipinski definition) is 2. The SMILES string of the molecule is CC1CCCCN1C(=O)c1ccccc1NC(=O)c1cccc(Br)c1. The van der Waals surface area contributed by atoms with Crippen molar-refractivity contribution >= 4 is 33.4 Å². The summed E-state index contributed by atoms with van der Waals surface area (Å²) in [6, 6.07) is 14.6. The topological polar surface area (TPSA) is 49.4 Å². The lowest BCUT2D eigenvalue weighted by Crippen LogP contribution is -2.42. The Morgan fingerprint density at radius 2 is 1.92 bits per heavy atom. The van der Waals surface area contributed by atoms with Crippen LogP contribution in [0, 0.1) is 0 Å². The summed E-state index contributed by atoms with van der Waals surface area (Å²) < 4.78 is 0.839. The van der Waals surface area contributed by atoms with Gasteiger partial charge in [-0.25, -0.2) is 0 Å². The predicted octanol–water partition coefficient (Wildman–Crippen LogP) is 4.72. The highest BCUT2D eigenvalue weighted by Crippen LogP contribution is 2.24. The van der Waals surface area contributed by atoms with Crippen LogP contribution in [0.5, 0.6) is 0 Å². The smallest absolute Gasteiger partial charge is 0.256 e. The van der Waals surface area contributed by atoms with E-state index in [4.69, 9.17) is 0 Å². The molecule has 25 heavy (non-hydrogen) atoms. The zero-order valence-corrected chi connectivity index (χ0v) is 15.8. The molecule has 0 saturated carbocycles. The quantitative estimate of drug-likeness (QED) is 0.810. The Bertz CT molecular complexity index is 791. The number of rotatable bonds is 3. The molecule has 1 atom stereocenters. The molecule has 2 aromatic rings. The van der Waals surface area contributed by atoms with Gasteiger partial charge in [0.1, 0.15) is 0 Å². The number of carbonyl (C=O) groups is 2. The molecule has 1 aliphatic rings. The normalized spacial score (nSPS) is 17.2. The summed E-state index contributed by atoms with van der Waals surface area (Å²) in [7, 11) is 0. The second-order valence-corrected chi connectivity index (χ2v) is 7.27. The Balaban J connectivity index is 1.83. The largest absolute Gasteiger partial charge is 0.336 e. The van der Waals surface area contributed by atoms with E-state index >= 15 is 0 Å². The average Bonchev–Trinajstić information content (AvgIpc) is 2.62. The summed E-state index contributed by atoms with van der Waals surface area (Å²) in [5, 5.41) is 2.88. The molecule has 3 rings (SSSR count). The Morgan fingerprint density at radius 3 is 2.68 bits per heavy atom. The van der Waals surface area contributed by atoms with E-state index in [9.17, 15) is 9.59 Å². The van der Waals surface area contributed by atoms with Gasteiger partial charge >= 0.3 is 0 Å². The molecule has 1 fully saturated rings. The minimum Gasteiger partial charge on any atom is -0.336 e. The zero-order chi connectivity index (χ0) is 17.8. The van der Waals surface area contributed by atoms with Crippen LogP contribution in [-0.2, 0) is 0 Å². The van der Waals surface area contributed by atoms with Crippen molar-refractivity contribution < 1.29 is 9.59 Å². The molecule has 1 N–H and O–H groups in total. The first-order valence-electron chi connectivity index (χ1n) is 8.53. The number of likely N-dealkylation sites (tertiary alicyclic amines) is 1. The molecule has 1 unspecified atom stereocenters. The summed E-state index contributed by atoms with van der Waals surface area (Å²) in [6.45, 7) is 2.85. The molecule has 2 aromatic carbocycles. The highest BCUT2D eigenvalue weighted by atomic mass is 79.9. The maximum atomic E-state index is 13.0. The summed E-state index contributed by atoms with van der Waals surface area (Å²) in [5.41, 5.74) is 1.64. The Kier molecular flexibility index (Phi) is 5.53. The number of hydrogen-bond donors (Lipinski definition) is 1. The van der Waals surface area contributed by atoms with Gasteiger partial charge in [0.05, 0.1) is 11.3 Å². The first-order chi connectivity index (χ1) is 12.1. The van der Waals surface area contributed by atoms with E-state index < -0.39 is 0 Å². The van der Waals surface area contributed by atoms with Gasteiger partial charge in [-0.1, -0.05) is 34.1 Å². The number of anilines is 1. The molecular formula is C20H21BrN2O2. The van der Waals surface area contributed by atoms with Crippen molar-refractivity contribution in [3.05, 3.63) is 64.1 Å². The first-order valence-corrected chi connectivity index (χ1v) is 9.32. The second-order valence-electron chi connectivity index (χ2n) is 6.35. The van der Waals surface area contributed by atoms with Gasteiger partial charge in [-0.05, 0) is 56.5 Å². The average molecular weight is 401 g/mol. The van der Waals surface area contributed by atoms with Crippen molar-refractivity contribution in [3.63, 3.8) is 0 Å². The van der Waals surface area contributed by atoms with Crippen LogP contribution < -0.4 is 5.32 Å². The molecule has 0 bridgehead atoms. The first kappa shape index (κ1) is 17.7. The number of nitrogens with zero attached hydrogens (tertiary/aromatic N) is 1. The van der Waals surface area contributed by atoms with Gasteiger partial charge in [-0.3, -0.25) is 9.59 Å². The predicted molar refractivity (Wildman–Crippen MR) is 103 cm³/mol. The van der Waals surface area contributed by atoms with Crippen molar-refractivity contribution in [2.45, 2.75) is 32.2 Å². The molecule has 130 valence electrons. The van der Waals surface area contributed by atoms with E-state index in [1.807, 2.05) is 29.2 Å². The fourth-order valence-corrected chi connectivity index (χ4v) is 3.56. The number of nitrogens with one attached hydrogen (secondary N) is 1. The van der Waals surface area contributed by atoms with E-state index in [0.29, 0.717) is 16.8 Å². The number of carbonyl (C=O) groups excluding carboxylic acids is 2. The van der Waals surface area contributed by atoms with Crippen LogP contribution in [0.2, 0.25) is 0 Å². The maximum Gasteiger partial charge on any atom is 0.256 e. The lowest BCUT2D eigenvalue weighted by molar-refractivity contribution is 0.0636. The van der Waals surface area contributed by atoms with Crippen molar-refractivity contribution in [2.75, 3.05) is 11.9 Å². The lowest BCUT2D eigenvalue weighted by atomic mass is 10.0. The molecule has 1 heterocycles. The van der Waals surface area contributed by atoms with Gasteiger partial charge in [0, 0.05) is 22.6 Å². The summed E-state index contributed by atoms with van der Waals surface area (Å²) in [5.74, 6) is -0.245. The van der Waals surface area contributed by atoms with Gasteiger partial charge in [-0.2, -0.15) is 0 Å². The van der Waals surface area contributed by atoms with Gasteiger partial charge in [0.2, 0.25) is 0 Å². The van der Waals surface area contributed by atoms with Crippen molar-refractivity contribution in [2.24, 2.45) is 0 Å². The Labute approximate surface area is 156 Å². The van der Waals surface area contributed by atoms with Crippen molar-refractivity contribution in [1.29, 1.82) is 0 Å². The number of para-hydroxylation sites is 1. The molecule has 4 nitrogen and oxygen atoms in total. The third-order valence-corrected chi connectivity index (χ3v) is 5.05. The lowest BCUT2D eigenvalue weighted by Gasteiger charge is -2.33. The second kappa shape index (κ2) is 7.83. The van der Waals surface area contributed by atoms with Crippen LogP contribution in [0.3, 0.4) is 0 Å². The number of amides is 2. The molecule has 0 radical (unpaired) electrons. The summed E-state index contributed by atoms with van der Waals surface area (Å²) in [6.07, 6.45) is 3.22. The molecular weight excluding hydrogens is 380 g/mol. The fraction of sp³-hybridized carbons (Fsp3) is 0.300. The number of benzene rings is 2. The van der Waals surface area contributed by atoms with E-state index in [0.717, 1.165) is 30.3 Å². The highest BCUT2D eigenvalue weighted by Gasteiger charge is 2.26. The molecule has 1 saturated heterocycles. The molecule has 0 aromatic heterocycles. The molecule has 0 aliphatic carbocycles. The molecule has 2 amide bonds. The van der Waals surface area contributed by atoms with Crippen molar-refractivity contribution in [3.8, 4) is 0 Å². The van der Waals surface area contributed by atoms with Crippen LogP contribution in [0.25, 0.3) is 0 Å². The van der Waals surface area contributed by atoms with Crippen LogP contribution in [0.4, 0.5) is 5.69 Å². The Hall–Kier alpha value is -2.14. The minimum absolute atomic E-state index is 0.0163. The number of halogens is 1. The standard InChI is InChI=1S/C20H21BrN2O2/c1-14-7-4-5-12-23(14)20(25)17-10-2-3-11-18(17)22-19(24)15-8-6-9-16(21)13-15/h2-3,6,8-11,13-14H,4-5,7,12H2,1H3,(H,22,24). The summed E-state index contributed by atoms with van der Waals surface area (Å²) in [4.78, 5) is 27.4. The zero-order valence-electron chi connectivity index (χ0n) is 14.2. The fourth-order valence-electron chi connectivity index (χ4n) is 3.16. The minimum atomic E-state index is -0.228. The van der Waals surface area contributed by atoms with Gasteiger partial charge < -0.3 is 10.2 Å². The third-order valence-electron chi connectivity index (χ3n) is 4.56. The Morgan fingerprint density at radius 1 is 1.12 bits per heavy atom. The van der Waals surface area contributed by atoms with Gasteiger partial charge in [-0.15, -0.1) is 0 Å². The van der Waals surface area contributed by atoms with Crippen LogP contribution in [-0.4, -0.2) is 29.3 Å². The van der Waals surface area contributed by atoms with Crippen LogP contribution in [0.15, 0.2) is 53.0 Å². The van der Waals surface area contributed by atoms with E-state index in [1.165, 1.54) is 0 Å². The monoisotopic (exact) mass is 400 g/mol. The van der Waals surface area contributed by atoms with E-state index in [-0.39, 0.29) is 17.9 Å². The van der Waals surface area contributed by atoms with Crippen molar-refractivity contribution in [1.82, 2.24) is 4.90 Å². The van der Waals surface area contributed by atoms with Crippen LogP contribution >= 0.6 is 15.9 Å². The van der Waals surface area contributed by atoms with Gasteiger partial charge in [0.15, 0.2) is 0 Å². The van der Waals surface area contributed by atoms with E-state index in [1.54, 1.807) is 24.3 Å². The van der Waals surface area contributed by atoms with Crippen LogP contribution in [0.1, 0.15) is 46.9 Å². The van der Waals surface area contributed by atoms with E-state index in [2.05, 4.69) is 28.2 Å². The third kappa shape index (κ3) is 4.10. The highest BCUT2D eigenvalue weighted by molar-refractivity contribution is 9.10. The summed E-state index contributed by atoms with van der Waals surface area (Å²) >= 11 is 3.37. The molecule has 1 aliphatic heterocycles. The number of piperidine rings is 1. The maximum absolute atomic E-state index is 13.0. The molecule has 0 spiro atoms.